The number of hydrogen-bond acceptors (Lipinski definition) is 3. The zero-order valence-corrected chi connectivity index (χ0v) is 15.3. The molecule has 7 nitrogen and oxygen atoms in total. The SMILES string of the molecule is CC(C)C(=O)Nc1cccc(NC(=O)Nc2cccc(CCC(=O)O)c2)c1. The summed E-state index contributed by atoms with van der Waals surface area (Å²) in [6.45, 7) is 3.60. The van der Waals surface area contributed by atoms with Gasteiger partial charge in [-0.2, -0.15) is 0 Å². The van der Waals surface area contributed by atoms with Gasteiger partial charge in [-0.15, -0.1) is 0 Å². The lowest BCUT2D eigenvalue weighted by atomic mass is 10.1. The first kappa shape index (κ1) is 20.0. The molecule has 0 spiro atoms. The third kappa shape index (κ3) is 6.81. The molecule has 0 aliphatic heterocycles. The lowest BCUT2D eigenvalue weighted by Crippen LogP contribution is -2.20. The fourth-order valence-electron chi connectivity index (χ4n) is 2.31. The maximum atomic E-state index is 12.2. The molecule has 3 amide bonds. The van der Waals surface area contributed by atoms with E-state index in [2.05, 4.69) is 16.0 Å². The third-order valence-corrected chi connectivity index (χ3v) is 3.72. The van der Waals surface area contributed by atoms with Gasteiger partial charge in [-0.3, -0.25) is 9.59 Å². The van der Waals surface area contributed by atoms with Crippen LogP contribution in [0.3, 0.4) is 0 Å². The van der Waals surface area contributed by atoms with Crippen molar-refractivity contribution in [1.82, 2.24) is 0 Å². The minimum absolute atomic E-state index is 0.0323. The number of carboxylic acid groups (broad SMARTS) is 1. The second-order valence-electron chi connectivity index (χ2n) is 6.40. The highest BCUT2D eigenvalue weighted by Crippen LogP contribution is 2.17. The van der Waals surface area contributed by atoms with Crippen molar-refractivity contribution in [2.75, 3.05) is 16.0 Å². The zero-order valence-electron chi connectivity index (χ0n) is 15.3. The molecule has 142 valence electrons. The molecule has 4 N–H and O–H groups in total. The van der Waals surface area contributed by atoms with Crippen LogP contribution < -0.4 is 16.0 Å². The van der Waals surface area contributed by atoms with Crippen LogP contribution >= 0.6 is 0 Å². The molecule has 0 atom stereocenters. The molecule has 27 heavy (non-hydrogen) atoms. The number of amides is 3. The molecule has 0 radical (unpaired) electrons. The van der Waals surface area contributed by atoms with Gasteiger partial charge in [0.2, 0.25) is 5.91 Å². The second kappa shape index (κ2) is 9.38. The number of nitrogens with one attached hydrogen (secondary N) is 3. The van der Waals surface area contributed by atoms with Gasteiger partial charge in [0.05, 0.1) is 0 Å². The van der Waals surface area contributed by atoms with Crippen molar-refractivity contribution in [1.29, 1.82) is 0 Å². The average Bonchev–Trinajstić information content (AvgIpc) is 2.60. The lowest BCUT2D eigenvalue weighted by Gasteiger charge is -2.11. The molecule has 2 aromatic carbocycles. The summed E-state index contributed by atoms with van der Waals surface area (Å²) in [5.41, 5.74) is 2.53. The topological polar surface area (TPSA) is 108 Å². The molecule has 0 aromatic heterocycles. The normalized spacial score (nSPS) is 10.3. The Kier molecular flexibility index (Phi) is 6.93. The van der Waals surface area contributed by atoms with E-state index in [-0.39, 0.29) is 18.2 Å². The second-order valence-corrected chi connectivity index (χ2v) is 6.40. The monoisotopic (exact) mass is 369 g/mol. The summed E-state index contributed by atoms with van der Waals surface area (Å²) in [6, 6.07) is 13.5. The number of aryl methyl sites for hydroxylation is 1. The first-order valence-corrected chi connectivity index (χ1v) is 8.63. The van der Waals surface area contributed by atoms with E-state index in [9.17, 15) is 14.4 Å². The summed E-state index contributed by atoms with van der Waals surface area (Å²) >= 11 is 0. The first-order chi connectivity index (χ1) is 12.8. The molecule has 0 saturated heterocycles. The predicted octanol–water partition coefficient (Wildman–Crippen LogP) is 3.94. The number of carbonyl (C=O) groups excluding carboxylic acids is 2. The van der Waals surface area contributed by atoms with Crippen molar-refractivity contribution in [3.05, 3.63) is 54.1 Å². The Morgan fingerprint density at radius 3 is 2.04 bits per heavy atom. The smallest absolute Gasteiger partial charge is 0.323 e. The van der Waals surface area contributed by atoms with Gasteiger partial charge < -0.3 is 21.1 Å². The molecule has 7 heteroatoms. The zero-order chi connectivity index (χ0) is 19.8. The Morgan fingerprint density at radius 2 is 1.44 bits per heavy atom. The largest absolute Gasteiger partial charge is 0.481 e. The molecule has 0 heterocycles. The van der Waals surface area contributed by atoms with Crippen molar-refractivity contribution in [2.24, 2.45) is 5.92 Å². The molecule has 0 bridgehead atoms. The molecule has 0 aliphatic carbocycles. The van der Waals surface area contributed by atoms with Crippen LogP contribution in [-0.2, 0) is 16.0 Å². The highest BCUT2D eigenvalue weighted by Gasteiger charge is 2.09. The summed E-state index contributed by atoms with van der Waals surface area (Å²) in [5, 5.41) is 17.0. The summed E-state index contributed by atoms with van der Waals surface area (Å²) < 4.78 is 0. The maximum absolute atomic E-state index is 12.2. The van der Waals surface area contributed by atoms with Gasteiger partial charge in [0.15, 0.2) is 0 Å². The van der Waals surface area contributed by atoms with Crippen molar-refractivity contribution >= 4 is 35.0 Å². The molecular formula is C20H23N3O4. The summed E-state index contributed by atoms with van der Waals surface area (Å²) in [5.74, 6) is -1.11. The molecule has 2 aromatic rings. The Bertz CT molecular complexity index is 833. The van der Waals surface area contributed by atoms with Gasteiger partial charge in [-0.05, 0) is 42.3 Å². The van der Waals surface area contributed by atoms with E-state index in [1.807, 2.05) is 6.07 Å². The van der Waals surface area contributed by atoms with Gasteiger partial charge in [-0.1, -0.05) is 32.0 Å². The minimum Gasteiger partial charge on any atom is -0.481 e. The van der Waals surface area contributed by atoms with Crippen molar-refractivity contribution in [2.45, 2.75) is 26.7 Å². The molecule has 0 fully saturated rings. The third-order valence-electron chi connectivity index (χ3n) is 3.72. The fraction of sp³-hybridized carbons (Fsp3) is 0.250. The van der Waals surface area contributed by atoms with Crippen molar-refractivity contribution in [3.8, 4) is 0 Å². The number of carbonyl (C=O) groups is 3. The number of hydrogen-bond donors (Lipinski definition) is 4. The minimum atomic E-state index is -0.865. The van der Waals surface area contributed by atoms with Gasteiger partial charge in [0, 0.05) is 29.4 Å². The van der Waals surface area contributed by atoms with Crippen LogP contribution in [0.15, 0.2) is 48.5 Å². The molecule has 0 saturated carbocycles. The van der Waals surface area contributed by atoms with Crippen molar-refractivity contribution < 1.29 is 19.5 Å². The van der Waals surface area contributed by atoms with Crippen LogP contribution in [0.2, 0.25) is 0 Å². The number of benzene rings is 2. The molecule has 2 rings (SSSR count). The van der Waals surface area contributed by atoms with E-state index in [0.29, 0.717) is 23.5 Å². The van der Waals surface area contributed by atoms with E-state index in [4.69, 9.17) is 5.11 Å². The van der Waals surface area contributed by atoms with Crippen LogP contribution in [0.4, 0.5) is 21.9 Å². The number of carboxylic acids is 1. The van der Waals surface area contributed by atoms with Crippen LogP contribution in [0.1, 0.15) is 25.8 Å². The number of urea groups is 1. The molecule has 0 aliphatic rings. The van der Waals surface area contributed by atoms with Gasteiger partial charge in [-0.25, -0.2) is 4.79 Å². The predicted molar refractivity (Wildman–Crippen MR) is 105 cm³/mol. The maximum Gasteiger partial charge on any atom is 0.323 e. The molecular weight excluding hydrogens is 346 g/mol. The number of rotatable bonds is 7. The first-order valence-electron chi connectivity index (χ1n) is 8.63. The van der Waals surface area contributed by atoms with Gasteiger partial charge in [0.25, 0.3) is 0 Å². The van der Waals surface area contributed by atoms with E-state index in [1.165, 1.54) is 0 Å². The van der Waals surface area contributed by atoms with Crippen LogP contribution in [0.5, 0.6) is 0 Å². The van der Waals surface area contributed by atoms with E-state index >= 15 is 0 Å². The highest BCUT2D eigenvalue weighted by molar-refractivity contribution is 6.00. The Hall–Kier alpha value is -3.35. The Balaban J connectivity index is 1.96. The van der Waals surface area contributed by atoms with Crippen molar-refractivity contribution in [3.63, 3.8) is 0 Å². The Morgan fingerprint density at radius 1 is 0.889 bits per heavy atom. The molecule has 0 unspecified atom stereocenters. The van der Waals surface area contributed by atoms with Gasteiger partial charge >= 0.3 is 12.0 Å². The highest BCUT2D eigenvalue weighted by atomic mass is 16.4. The number of anilines is 3. The quantitative estimate of drug-likeness (QED) is 0.593. The van der Waals surface area contributed by atoms with Crippen LogP contribution in [0, 0.1) is 5.92 Å². The van der Waals surface area contributed by atoms with E-state index < -0.39 is 12.0 Å². The fourth-order valence-corrected chi connectivity index (χ4v) is 2.31. The standard InChI is InChI=1S/C20H23N3O4/c1-13(2)19(26)21-16-7-4-8-17(12-16)23-20(27)22-15-6-3-5-14(11-15)9-10-18(24)25/h3-8,11-13H,9-10H2,1-2H3,(H,21,26)(H,24,25)(H2,22,23,27). The van der Waals surface area contributed by atoms with Crippen LogP contribution in [0.25, 0.3) is 0 Å². The number of aliphatic carboxylic acids is 1. The summed E-state index contributed by atoms with van der Waals surface area (Å²) in [7, 11) is 0. The van der Waals surface area contributed by atoms with Crippen LogP contribution in [-0.4, -0.2) is 23.0 Å². The lowest BCUT2D eigenvalue weighted by molar-refractivity contribution is -0.137. The van der Waals surface area contributed by atoms with E-state index in [0.717, 1.165) is 5.56 Å². The summed E-state index contributed by atoms with van der Waals surface area (Å²) in [4.78, 5) is 34.6. The van der Waals surface area contributed by atoms with Gasteiger partial charge in [0.1, 0.15) is 0 Å². The van der Waals surface area contributed by atoms with E-state index in [1.54, 1.807) is 56.3 Å². The Labute approximate surface area is 157 Å². The average molecular weight is 369 g/mol. The summed E-state index contributed by atoms with van der Waals surface area (Å²) in [6.07, 6.45) is 0.425.